The Morgan fingerprint density at radius 1 is 1.25 bits per heavy atom. The van der Waals surface area contributed by atoms with Crippen LogP contribution < -0.4 is 15.3 Å². The summed E-state index contributed by atoms with van der Waals surface area (Å²) in [6.45, 7) is 1.71. The van der Waals surface area contributed by atoms with E-state index >= 15 is 0 Å². The van der Waals surface area contributed by atoms with Crippen LogP contribution in [0.2, 0.25) is 0 Å². The van der Waals surface area contributed by atoms with Gasteiger partial charge in [0.1, 0.15) is 12.4 Å². The van der Waals surface area contributed by atoms with Crippen LogP contribution >= 0.6 is 0 Å². The summed E-state index contributed by atoms with van der Waals surface area (Å²) >= 11 is 0. The molecule has 0 N–H and O–H groups in total. The van der Waals surface area contributed by atoms with Crippen LogP contribution in [0.4, 0.5) is 14.6 Å². The molecule has 3 aliphatic heterocycles. The first-order valence-electron chi connectivity index (χ1n) is 8.00. The molecule has 2 bridgehead atoms. The van der Waals surface area contributed by atoms with E-state index in [1.165, 1.54) is 6.07 Å². The molecule has 1 spiro atoms. The van der Waals surface area contributed by atoms with Gasteiger partial charge in [0.05, 0.1) is 12.1 Å². The van der Waals surface area contributed by atoms with Crippen molar-refractivity contribution in [2.24, 2.45) is 5.92 Å². The summed E-state index contributed by atoms with van der Waals surface area (Å²) in [4.78, 5) is 18.5. The van der Waals surface area contributed by atoms with Gasteiger partial charge in [0, 0.05) is 12.6 Å². The monoisotopic (exact) mass is 331 g/mol. The number of anilines is 1. The molecule has 2 aromatic rings. The van der Waals surface area contributed by atoms with Crippen molar-refractivity contribution in [3.8, 4) is 5.88 Å². The highest BCUT2D eigenvalue weighted by Gasteiger charge is 2.60. The molecular formula is C17H15F2N3O2. The molecule has 1 aliphatic carbocycles. The van der Waals surface area contributed by atoms with Crippen LogP contribution in [-0.4, -0.2) is 21.6 Å². The summed E-state index contributed by atoms with van der Waals surface area (Å²) in [6, 6.07) is 5.36. The summed E-state index contributed by atoms with van der Waals surface area (Å²) in [5, 5.41) is 0. The molecule has 3 fully saturated rings. The van der Waals surface area contributed by atoms with Gasteiger partial charge in [-0.2, -0.15) is 4.98 Å². The van der Waals surface area contributed by atoms with Gasteiger partial charge >= 0.3 is 5.69 Å². The number of benzene rings is 1. The molecule has 0 amide bonds. The Kier molecular flexibility index (Phi) is 2.65. The Bertz CT molecular complexity index is 905. The Labute approximate surface area is 136 Å². The smallest absolute Gasteiger partial charge is 0.352 e. The van der Waals surface area contributed by atoms with Crippen LogP contribution in [0.25, 0.3) is 0 Å². The number of rotatable bonds is 3. The number of nitrogens with zero attached hydrogens (tertiary/aromatic N) is 3. The SMILES string of the molecule is O=c1nc(OCc2ccc(F)c(F)c2)cc2n1CC13CC(CN21)C3. The maximum atomic E-state index is 13.2. The Balaban J connectivity index is 1.41. The number of ether oxygens (including phenoxy) is 1. The van der Waals surface area contributed by atoms with Gasteiger partial charge in [0.2, 0.25) is 5.88 Å². The molecule has 6 rings (SSSR count). The fourth-order valence-electron chi connectivity index (χ4n) is 4.37. The van der Waals surface area contributed by atoms with E-state index in [1.54, 1.807) is 10.6 Å². The zero-order valence-electron chi connectivity index (χ0n) is 12.8. The number of aromatic nitrogens is 2. The van der Waals surface area contributed by atoms with Crippen molar-refractivity contribution in [2.45, 2.75) is 31.5 Å². The van der Waals surface area contributed by atoms with E-state index in [1.807, 2.05) is 0 Å². The van der Waals surface area contributed by atoms with Gasteiger partial charge in [-0.3, -0.25) is 4.57 Å². The van der Waals surface area contributed by atoms with Gasteiger partial charge in [-0.15, -0.1) is 0 Å². The first kappa shape index (κ1) is 13.9. The fourth-order valence-corrected chi connectivity index (χ4v) is 4.37. The molecule has 24 heavy (non-hydrogen) atoms. The number of hydrogen-bond donors (Lipinski definition) is 0. The Morgan fingerprint density at radius 2 is 2.08 bits per heavy atom. The zero-order valence-corrected chi connectivity index (χ0v) is 12.8. The van der Waals surface area contributed by atoms with Crippen molar-refractivity contribution in [3.63, 3.8) is 0 Å². The molecule has 124 valence electrons. The molecule has 0 atom stereocenters. The van der Waals surface area contributed by atoms with Crippen molar-refractivity contribution in [1.29, 1.82) is 0 Å². The van der Waals surface area contributed by atoms with Gasteiger partial charge in [-0.05, 0) is 36.5 Å². The summed E-state index contributed by atoms with van der Waals surface area (Å²) in [6.07, 6.45) is 2.28. The lowest BCUT2D eigenvalue weighted by molar-refractivity contribution is 0.229. The lowest BCUT2D eigenvalue weighted by Gasteiger charge is -2.37. The van der Waals surface area contributed by atoms with Crippen LogP contribution in [0.15, 0.2) is 29.1 Å². The predicted octanol–water partition coefficient (Wildman–Crippen LogP) is 2.08. The largest absolute Gasteiger partial charge is 0.473 e. The van der Waals surface area contributed by atoms with E-state index in [-0.39, 0.29) is 23.7 Å². The van der Waals surface area contributed by atoms with E-state index < -0.39 is 11.6 Å². The predicted molar refractivity (Wildman–Crippen MR) is 82.0 cm³/mol. The molecule has 7 heteroatoms. The molecule has 0 unspecified atom stereocenters. The lowest BCUT2D eigenvalue weighted by Crippen LogP contribution is -2.44. The summed E-state index contributed by atoms with van der Waals surface area (Å²) in [5.41, 5.74) is 0.272. The molecule has 0 radical (unpaired) electrons. The third kappa shape index (κ3) is 1.84. The highest BCUT2D eigenvalue weighted by molar-refractivity contribution is 5.54. The van der Waals surface area contributed by atoms with E-state index in [0.717, 1.165) is 43.3 Å². The molecule has 5 nitrogen and oxygen atoms in total. The third-order valence-corrected chi connectivity index (χ3v) is 5.42. The van der Waals surface area contributed by atoms with Crippen LogP contribution in [-0.2, 0) is 13.2 Å². The van der Waals surface area contributed by atoms with Crippen molar-refractivity contribution < 1.29 is 13.5 Å². The standard InChI is InChI=1S/C17H15F2N3O2/c18-12-2-1-10(3-13(12)19)8-24-14-4-15-21(16(23)20-14)9-17-5-11(6-17)7-22(15)17/h1-4,11H,5-9H2. The maximum Gasteiger partial charge on any atom is 0.352 e. The first-order valence-corrected chi connectivity index (χ1v) is 8.00. The first-order chi connectivity index (χ1) is 11.5. The minimum Gasteiger partial charge on any atom is -0.473 e. The lowest BCUT2D eigenvalue weighted by atomic mass is 9.74. The number of hydrogen-bond acceptors (Lipinski definition) is 4. The summed E-state index contributed by atoms with van der Waals surface area (Å²) < 4.78 is 33.4. The number of halogens is 2. The average Bonchev–Trinajstić information content (AvgIpc) is 3.14. The molecule has 1 aromatic heterocycles. The minimum atomic E-state index is -0.920. The van der Waals surface area contributed by atoms with E-state index in [4.69, 9.17) is 4.74 Å². The van der Waals surface area contributed by atoms with E-state index in [2.05, 4.69) is 9.88 Å². The molecule has 1 aromatic carbocycles. The van der Waals surface area contributed by atoms with Crippen LogP contribution in [0.5, 0.6) is 5.88 Å². The average molecular weight is 331 g/mol. The topological polar surface area (TPSA) is 47.4 Å². The Hall–Kier alpha value is -2.44. The van der Waals surface area contributed by atoms with Gasteiger partial charge in [0.25, 0.3) is 0 Å². The maximum absolute atomic E-state index is 13.2. The van der Waals surface area contributed by atoms with E-state index in [9.17, 15) is 13.6 Å². The third-order valence-electron chi connectivity index (χ3n) is 5.42. The van der Waals surface area contributed by atoms with Crippen molar-refractivity contribution in [3.05, 3.63) is 51.9 Å². The second-order valence-electron chi connectivity index (χ2n) is 6.97. The van der Waals surface area contributed by atoms with E-state index in [0.29, 0.717) is 12.1 Å². The van der Waals surface area contributed by atoms with Gasteiger partial charge in [-0.1, -0.05) is 6.07 Å². The van der Waals surface area contributed by atoms with Crippen molar-refractivity contribution >= 4 is 5.82 Å². The summed E-state index contributed by atoms with van der Waals surface area (Å²) in [5.74, 6) is -0.0103. The molecular weight excluding hydrogens is 316 g/mol. The fraction of sp³-hybridized carbons (Fsp3) is 0.412. The Morgan fingerprint density at radius 3 is 2.88 bits per heavy atom. The zero-order chi connectivity index (χ0) is 16.5. The van der Waals surface area contributed by atoms with Crippen LogP contribution in [0.1, 0.15) is 18.4 Å². The quantitative estimate of drug-likeness (QED) is 0.864. The normalized spacial score (nSPS) is 26.1. The second-order valence-corrected chi connectivity index (χ2v) is 6.97. The molecule has 1 saturated carbocycles. The highest BCUT2D eigenvalue weighted by Crippen LogP contribution is 2.56. The summed E-state index contributed by atoms with van der Waals surface area (Å²) in [7, 11) is 0. The number of fused-ring (bicyclic) bond motifs is 1. The van der Waals surface area contributed by atoms with Crippen molar-refractivity contribution in [2.75, 3.05) is 11.4 Å². The van der Waals surface area contributed by atoms with Gasteiger partial charge < -0.3 is 9.64 Å². The van der Waals surface area contributed by atoms with Gasteiger partial charge in [-0.25, -0.2) is 13.6 Å². The molecule has 4 aliphatic rings. The van der Waals surface area contributed by atoms with Gasteiger partial charge in [0.15, 0.2) is 11.6 Å². The molecule has 2 saturated heterocycles. The second kappa shape index (κ2) is 4.55. The molecule has 4 heterocycles. The highest BCUT2D eigenvalue weighted by atomic mass is 19.2. The minimum absolute atomic E-state index is 0.0286. The van der Waals surface area contributed by atoms with Crippen LogP contribution in [0.3, 0.4) is 0 Å². The van der Waals surface area contributed by atoms with Crippen LogP contribution in [0, 0.1) is 17.6 Å². The van der Waals surface area contributed by atoms with Crippen molar-refractivity contribution in [1.82, 2.24) is 9.55 Å².